The second-order valence-corrected chi connectivity index (χ2v) is 8.10. The molecule has 21 heavy (non-hydrogen) atoms. The average Bonchev–Trinajstić information content (AvgIpc) is 2.57. The third-order valence-corrected chi connectivity index (χ3v) is 5.92. The summed E-state index contributed by atoms with van der Waals surface area (Å²) in [6, 6.07) is 1.82. The first kappa shape index (κ1) is 16.2. The minimum atomic E-state index is -3.99. The van der Waals surface area contributed by atoms with E-state index in [2.05, 4.69) is 13.8 Å². The Morgan fingerprint density at radius 2 is 1.86 bits per heavy atom. The summed E-state index contributed by atoms with van der Waals surface area (Å²) in [4.78, 5) is -0.555. The molecule has 1 saturated heterocycles. The zero-order valence-corrected chi connectivity index (χ0v) is 13.0. The molecule has 4 nitrogen and oxygen atoms in total. The summed E-state index contributed by atoms with van der Waals surface area (Å²) in [5.74, 6) is -2.16. The molecule has 1 heterocycles. The van der Waals surface area contributed by atoms with Crippen LogP contribution in [0.25, 0.3) is 0 Å². The molecule has 1 fully saturated rings. The van der Waals surface area contributed by atoms with Crippen LogP contribution in [0.1, 0.15) is 33.1 Å². The lowest BCUT2D eigenvalue weighted by atomic mass is 9.85. The molecule has 2 rings (SSSR count). The zero-order valence-electron chi connectivity index (χ0n) is 12.2. The van der Waals surface area contributed by atoms with E-state index in [1.54, 1.807) is 0 Å². The summed E-state index contributed by atoms with van der Waals surface area (Å²) >= 11 is 0. The summed E-state index contributed by atoms with van der Waals surface area (Å²) in [7, 11) is -3.99. The molecule has 0 aromatic heterocycles. The van der Waals surface area contributed by atoms with Gasteiger partial charge < -0.3 is 5.73 Å². The van der Waals surface area contributed by atoms with Gasteiger partial charge in [0.05, 0.1) is 0 Å². The van der Waals surface area contributed by atoms with Crippen molar-refractivity contribution >= 4 is 15.7 Å². The molecule has 0 amide bonds. The summed E-state index contributed by atoms with van der Waals surface area (Å²) in [6.07, 6.45) is 2.32. The first-order chi connectivity index (χ1) is 9.65. The highest BCUT2D eigenvalue weighted by molar-refractivity contribution is 7.89. The lowest BCUT2D eigenvalue weighted by Crippen LogP contribution is -2.33. The van der Waals surface area contributed by atoms with E-state index in [1.165, 1.54) is 4.31 Å². The zero-order chi connectivity index (χ0) is 15.8. The largest absolute Gasteiger partial charge is 0.394 e. The number of nitrogen functional groups attached to an aromatic ring is 1. The van der Waals surface area contributed by atoms with Crippen molar-refractivity contribution in [3.8, 4) is 0 Å². The van der Waals surface area contributed by atoms with Gasteiger partial charge in [-0.2, -0.15) is 4.31 Å². The van der Waals surface area contributed by atoms with Crippen LogP contribution >= 0.6 is 0 Å². The predicted molar refractivity (Wildman–Crippen MR) is 77.2 cm³/mol. The van der Waals surface area contributed by atoms with Crippen molar-refractivity contribution < 1.29 is 17.2 Å². The fraction of sp³-hybridized carbons (Fsp3) is 0.571. The summed E-state index contributed by atoms with van der Waals surface area (Å²) < 4.78 is 53.5. The molecule has 0 unspecified atom stereocenters. The Balaban J connectivity index is 2.37. The van der Waals surface area contributed by atoms with Crippen LogP contribution in [0.4, 0.5) is 14.5 Å². The van der Waals surface area contributed by atoms with E-state index in [9.17, 15) is 17.2 Å². The van der Waals surface area contributed by atoms with Gasteiger partial charge in [0.25, 0.3) is 0 Å². The first-order valence-corrected chi connectivity index (χ1v) is 8.33. The van der Waals surface area contributed by atoms with E-state index in [0.717, 1.165) is 18.6 Å². The number of benzene rings is 1. The summed E-state index contributed by atoms with van der Waals surface area (Å²) in [5, 5.41) is 0. The van der Waals surface area contributed by atoms with Crippen molar-refractivity contribution in [3.05, 3.63) is 23.8 Å². The lowest BCUT2D eigenvalue weighted by molar-refractivity contribution is 0.314. The molecule has 0 spiro atoms. The van der Waals surface area contributed by atoms with Gasteiger partial charge in [-0.3, -0.25) is 0 Å². The Labute approximate surface area is 124 Å². The minimum Gasteiger partial charge on any atom is -0.394 e. The van der Waals surface area contributed by atoms with Gasteiger partial charge in [-0.25, -0.2) is 17.2 Å². The second-order valence-electron chi connectivity index (χ2n) is 6.20. The highest BCUT2D eigenvalue weighted by Crippen LogP contribution is 2.33. The number of nitrogens with two attached hydrogens (primary N) is 1. The van der Waals surface area contributed by atoms with Crippen molar-refractivity contribution in [2.45, 2.75) is 38.0 Å². The van der Waals surface area contributed by atoms with Crippen LogP contribution in [-0.2, 0) is 10.0 Å². The molecule has 0 bridgehead atoms. The Hall–Kier alpha value is -1.21. The monoisotopic (exact) mass is 318 g/mol. The van der Waals surface area contributed by atoms with Crippen molar-refractivity contribution in [1.82, 2.24) is 4.31 Å². The highest BCUT2D eigenvalue weighted by Gasteiger charge is 2.32. The van der Waals surface area contributed by atoms with Gasteiger partial charge >= 0.3 is 0 Å². The maximum absolute atomic E-state index is 14.0. The SMILES string of the molecule is CC1(C)CCCN(S(=O)(=O)c2ccc(F)c(N)c2F)CC1. The lowest BCUT2D eigenvalue weighted by Gasteiger charge is -2.23. The molecular weight excluding hydrogens is 298 g/mol. The van der Waals surface area contributed by atoms with E-state index in [4.69, 9.17) is 5.73 Å². The Bertz CT molecular complexity index is 645. The van der Waals surface area contributed by atoms with Gasteiger partial charge in [0, 0.05) is 13.1 Å². The molecule has 1 aromatic carbocycles. The molecule has 0 saturated carbocycles. The number of rotatable bonds is 2. The molecule has 1 aromatic rings. The molecule has 0 aliphatic carbocycles. The maximum atomic E-state index is 14.0. The number of anilines is 1. The quantitative estimate of drug-likeness (QED) is 0.853. The van der Waals surface area contributed by atoms with Crippen LogP contribution in [-0.4, -0.2) is 25.8 Å². The van der Waals surface area contributed by atoms with Gasteiger partial charge in [-0.05, 0) is 36.8 Å². The second kappa shape index (κ2) is 5.53. The maximum Gasteiger partial charge on any atom is 0.246 e. The van der Waals surface area contributed by atoms with Gasteiger partial charge in [0.1, 0.15) is 16.4 Å². The van der Waals surface area contributed by atoms with E-state index in [0.29, 0.717) is 25.9 Å². The van der Waals surface area contributed by atoms with Crippen LogP contribution in [0.2, 0.25) is 0 Å². The number of halogens is 2. The first-order valence-electron chi connectivity index (χ1n) is 6.89. The molecule has 2 N–H and O–H groups in total. The van der Waals surface area contributed by atoms with Crippen molar-refractivity contribution in [1.29, 1.82) is 0 Å². The highest BCUT2D eigenvalue weighted by atomic mass is 32.2. The fourth-order valence-corrected chi connectivity index (χ4v) is 4.08. The third-order valence-electron chi connectivity index (χ3n) is 4.01. The van der Waals surface area contributed by atoms with Crippen LogP contribution in [0.5, 0.6) is 0 Å². The fourth-order valence-electron chi connectivity index (χ4n) is 2.53. The minimum absolute atomic E-state index is 0.0602. The van der Waals surface area contributed by atoms with Crippen LogP contribution in [0.15, 0.2) is 17.0 Å². The van der Waals surface area contributed by atoms with Gasteiger partial charge in [-0.15, -0.1) is 0 Å². The Kier molecular flexibility index (Phi) is 4.26. The number of hydrogen-bond acceptors (Lipinski definition) is 3. The van der Waals surface area contributed by atoms with Crippen LogP contribution < -0.4 is 5.73 Å². The Morgan fingerprint density at radius 1 is 1.19 bits per heavy atom. The van der Waals surface area contributed by atoms with Gasteiger partial charge in [0.2, 0.25) is 10.0 Å². The van der Waals surface area contributed by atoms with Crippen molar-refractivity contribution in [2.24, 2.45) is 5.41 Å². The number of sulfonamides is 1. The molecular formula is C14H20F2N2O2S. The number of hydrogen-bond donors (Lipinski definition) is 1. The van der Waals surface area contributed by atoms with E-state index < -0.39 is 32.2 Å². The summed E-state index contributed by atoms with van der Waals surface area (Å²) in [5.41, 5.74) is 4.55. The van der Waals surface area contributed by atoms with Crippen molar-refractivity contribution in [3.63, 3.8) is 0 Å². The topological polar surface area (TPSA) is 63.4 Å². The van der Waals surface area contributed by atoms with Gasteiger partial charge in [0.15, 0.2) is 5.82 Å². The van der Waals surface area contributed by atoms with Crippen molar-refractivity contribution in [2.75, 3.05) is 18.8 Å². The van der Waals surface area contributed by atoms with E-state index >= 15 is 0 Å². The smallest absolute Gasteiger partial charge is 0.246 e. The number of nitrogens with zero attached hydrogens (tertiary/aromatic N) is 1. The molecule has 118 valence electrons. The van der Waals surface area contributed by atoms with Gasteiger partial charge in [-0.1, -0.05) is 13.8 Å². The van der Waals surface area contributed by atoms with Crippen LogP contribution in [0.3, 0.4) is 0 Å². The summed E-state index contributed by atoms with van der Waals surface area (Å²) in [6.45, 7) is 4.83. The third kappa shape index (κ3) is 3.18. The van der Waals surface area contributed by atoms with E-state index in [1.807, 2.05) is 0 Å². The molecule has 1 aliphatic rings. The van der Waals surface area contributed by atoms with E-state index in [-0.39, 0.29) is 5.41 Å². The normalized spacial score (nSPS) is 20.2. The molecule has 0 atom stereocenters. The molecule has 1 aliphatic heterocycles. The van der Waals surface area contributed by atoms with Crippen LogP contribution in [0, 0.1) is 17.0 Å². The standard InChI is InChI=1S/C14H20F2N2O2S/c1-14(2)6-3-8-18(9-7-14)21(19,20)11-5-4-10(15)13(17)12(11)16/h4-5H,3,6-9,17H2,1-2H3. The average molecular weight is 318 g/mol. The predicted octanol–water partition coefficient (Wildman–Crippen LogP) is 2.75. The molecule has 0 radical (unpaired) electrons. The Morgan fingerprint density at radius 3 is 2.52 bits per heavy atom. The molecule has 7 heteroatoms.